The fraction of sp³-hybridized carbons (Fsp3) is 0.167. The van der Waals surface area contributed by atoms with Crippen molar-refractivity contribution in [3.05, 3.63) is 58.6 Å². The fourth-order valence-electron chi connectivity index (χ4n) is 1.51. The first kappa shape index (κ1) is 11.2. The quantitative estimate of drug-likeness (QED) is 0.938. The Morgan fingerprint density at radius 2 is 2.00 bits per heavy atom. The molecule has 16 heavy (non-hydrogen) atoms. The molecule has 0 radical (unpaired) electrons. The molecule has 1 unspecified atom stereocenters. The number of nitrogens with two attached hydrogens (primary N) is 1. The highest BCUT2D eigenvalue weighted by molar-refractivity contribution is 9.10. The second-order valence-corrected chi connectivity index (χ2v) is 4.39. The molecule has 1 heterocycles. The van der Waals surface area contributed by atoms with E-state index in [1.807, 2.05) is 30.3 Å². The first-order chi connectivity index (χ1) is 7.77. The maximum Gasteiger partial charge on any atom is 0.115 e. The van der Waals surface area contributed by atoms with Gasteiger partial charge in [-0.2, -0.15) is 0 Å². The Balaban J connectivity index is 2.14. The lowest BCUT2D eigenvalue weighted by Crippen LogP contribution is -2.14. The predicted octanol–water partition coefficient (Wildman–Crippen LogP) is 2.48. The monoisotopic (exact) mass is 277 g/mol. The van der Waals surface area contributed by atoms with E-state index in [4.69, 9.17) is 5.73 Å². The molecule has 2 aromatic rings. The van der Waals surface area contributed by atoms with E-state index in [0.29, 0.717) is 6.42 Å². The van der Waals surface area contributed by atoms with E-state index in [2.05, 4.69) is 25.9 Å². The molecule has 0 amide bonds. The lowest BCUT2D eigenvalue weighted by Gasteiger charge is -2.11. The van der Waals surface area contributed by atoms with Gasteiger partial charge in [0.05, 0.1) is 10.2 Å². The Morgan fingerprint density at radius 1 is 1.25 bits per heavy atom. The van der Waals surface area contributed by atoms with Crippen LogP contribution in [0.2, 0.25) is 0 Å². The Hall–Kier alpha value is -1.26. The van der Waals surface area contributed by atoms with Crippen LogP contribution in [0.15, 0.2) is 47.3 Å². The SMILES string of the molecule is NC(Cc1ncncc1Br)c1ccccc1. The Labute approximate surface area is 103 Å². The van der Waals surface area contributed by atoms with Gasteiger partial charge in [0.2, 0.25) is 0 Å². The molecular formula is C12H12BrN3. The summed E-state index contributed by atoms with van der Waals surface area (Å²) in [6, 6.07) is 9.98. The number of halogens is 1. The minimum absolute atomic E-state index is 0.0348. The van der Waals surface area contributed by atoms with Crippen molar-refractivity contribution < 1.29 is 0 Å². The van der Waals surface area contributed by atoms with Crippen molar-refractivity contribution in [3.63, 3.8) is 0 Å². The molecule has 0 aliphatic heterocycles. The second kappa shape index (κ2) is 5.18. The van der Waals surface area contributed by atoms with Gasteiger partial charge >= 0.3 is 0 Å². The van der Waals surface area contributed by atoms with Crippen LogP contribution >= 0.6 is 15.9 Å². The third-order valence-corrected chi connectivity index (χ3v) is 3.05. The lowest BCUT2D eigenvalue weighted by atomic mass is 10.0. The van der Waals surface area contributed by atoms with Gasteiger partial charge in [-0.1, -0.05) is 30.3 Å². The second-order valence-electron chi connectivity index (χ2n) is 3.54. The van der Waals surface area contributed by atoms with E-state index in [1.165, 1.54) is 6.33 Å². The molecule has 1 aromatic carbocycles. The van der Waals surface area contributed by atoms with Crippen LogP contribution in [-0.2, 0) is 6.42 Å². The molecule has 1 atom stereocenters. The van der Waals surface area contributed by atoms with Gasteiger partial charge in [-0.05, 0) is 21.5 Å². The van der Waals surface area contributed by atoms with Gasteiger partial charge in [0.15, 0.2) is 0 Å². The summed E-state index contributed by atoms with van der Waals surface area (Å²) in [5.74, 6) is 0. The summed E-state index contributed by atoms with van der Waals surface area (Å²) < 4.78 is 0.904. The van der Waals surface area contributed by atoms with Crippen molar-refractivity contribution in [2.24, 2.45) is 5.73 Å². The highest BCUT2D eigenvalue weighted by Crippen LogP contribution is 2.19. The number of rotatable bonds is 3. The first-order valence-electron chi connectivity index (χ1n) is 5.02. The van der Waals surface area contributed by atoms with Gasteiger partial charge in [-0.15, -0.1) is 0 Å². The third kappa shape index (κ3) is 2.65. The van der Waals surface area contributed by atoms with Crippen molar-refractivity contribution >= 4 is 15.9 Å². The number of hydrogen-bond acceptors (Lipinski definition) is 3. The van der Waals surface area contributed by atoms with Gasteiger partial charge in [0, 0.05) is 18.7 Å². The molecule has 0 bridgehead atoms. The molecule has 0 aliphatic rings. The van der Waals surface area contributed by atoms with Crippen LogP contribution in [-0.4, -0.2) is 9.97 Å². The smallest absolute Gasteiger partial charge is 0.115 e. The fourth-order valence-corrected chi connectivity index (χ4v) is 1.90. The van der Waals surface area contributed by atoms with Crippen molar-refractivity contribution in [1.29, 1.82) is 0 Å². The highest BCUT2D eigenvalue weighted by atomic mass is 79.9. The lowest BCUT2D eigenvalue weighted by molar-refractivity contribution is 0.701. The zero-order chi connectivity index (χ0) is 11.4. The number of hydrogen-bond donors (Lipinski definition) is 1. The third-order valence-electron chi connectivity index (χ3n) is 2.38. The normalized spacial score (nSPS) is 12.4. The number of nitrogens with zero attached hydrogens (tertiary/aromatic N) is 2. The van der Waals surface area contributed by atoms with Crippen LogP contribution in [0.3, 0.4) is 0 Å². The summed E-state index contributed by atoms with van der Waals surface area (Å²) in [7, 11) is 0. The van der Waals surface area contributed by atoms with Gasteiger partial charge in [-0.3, -0.25) is 0 Å². The molecular weight excluding hydrogens is 266 g/mol. The molecule has 2 rings (SSSR count). The topological polar surface area (TPSA) is 51.8 Å². The Morgan fingerprint density at radius 3 is 2.69 bits per heavy atom. The summed E-state index contributed by atoms with van der Waals surface area (Å²) >= 11 is 3.42. The number of aromatic nitrogens is 2. The molecule has 3 nitrogen and oxygen atoms in total. The van der Waals surface area contributed by atoms with Crippen LogP contribution in [0.1, 0.15) is 17.3 Å². The molecule has 0 spiro atoms. The van der Waals surface area contributed by atoms with E-state index >= 15 is 0 Å². The van der Waals surface area contributed by atoms with Crippen molar-refractivity contribution in [2.45, 2.75) is 12.5 Å². The predicted molar refractivity (Wildman–Crippen MR) is 66.8 cm³/mol. The molecule has 82 valence electrons. The molecule has 0 fully saturated rings. The highest BCUT2D eigenvalue weighted by Gasteiger charge is 2.09. The van der Waals surface area contributed by atoms with E-state index in [-0.39, 0.29) is 6.04 Å². The van der Waals surface area contributed by atoms with Crippen LogP contribution in [0.4, 0.5) is 0 Å². The van der Waals surface area contributed by atoms with E-state index in [0.717, 1.165) is 15.7 Å². The summed E-state index contributed by atoms with van der Waals surface area (Å²) in [5, 5.41) is 0. The zero-order valence-corrected chi connectivity index (χ0v) is 10.3. The first-order valence-corrected chi connectivity index (χ1v) is 5.81. The summed E-state index contributed by atoms with van der Waals surface area (Å²) in [4.78, 5) is 8.13. The van der Waals surface area contributed by atoms with Crippen LogP contribution in [0.5, 0.6) is 0 Å². The standard InChI is InChI=1S/C12H12BrN3/c13-10-7-15-8-16-12(10)6-11(14)9-4-2-1-3-5-9/h1-5,7-8,11H,6,14H2. The maximum absolute atomic E-state index is 6.11. The summed E-state index contributed by atoms with van der Waals surface area (Å²) in [6.07, 6.45) is 3.98. The van der Waals surface area contributed by atoms with Gasteiger partial charge < -0.3 is 5.73 Å². The van der Waals surface area contributed by atoms with E-state index < -0.39 is 0 Å². The minimum Gasteiger partial charge on any atom is -0.324 e. The molecule has 4 heteroatoms. The van der Waals surface area contributed by atoms with E-state index in [1.54, 1.807) is 6.20 Å². The summed E-state index contributed by atoms with van der Waals surface area (Å²) in [5.41, 5.74) is 8.17. The van der Waals surface area contributed by atoms with Crippen LogP contribution in [0.25, 0.3) is 0 Å². The maximum atomic E-state index is 6.11. The average molecular weight is 278 g/mol. The van der Waals surface area contributed by atoms with Crippen molar-refractivity contribution in [1.82, 2.24) is 9.97 Å². The average Bonchev–Trinajstić information content (AvgIpc) is 2.33. The minimum atomic E-state index is -0.0348. The molecule has 1 aromatic heterocycles. The zero-order valence-electron chi connectivity index (χ0n) is 8.68. The molecule has 0 saturated carbocycles. The van der Waals surface area contributed by atoms with Gasteiger partial charge in [0.1, 0.15) is 6.33 Å². The van der Waals surface area contributed by atoms with Crippen molar-refractivity contribution in [3.8, 4) is 0 Å². The molecule has 0 saturated heterocycles. The van der Waals surface area contributed by atoms with Gasteiger partial charge in [0.25, 0.3) is 0 Å². The summed E-state index contributed by atoms with van der Waals surface area (Å²) in [6.45, 7) is 0. The largest absolute Gasteiger partial charge is 0.324 e. The van der Waals surface area contributed by atoms with Crippen LogP contribution < -0.4 is 5.73 Å². The molecule has 0 aliphatic carbocycles. The Bertz CT molecular complexity index is 459. The number of benzene rings is 1. The van der Waals surface area contributed by atoms with E-state index in [9.17, 15) is 0 Å². The van der Waals surface area contributed by atoms with Gasteiger partial charge in [-0.25, -0.2) is 9.97 Å². The Kier molecular flexibility index (Phi) is 3.64. The molecule has 2 N–H and O–H groups in total. The van der Waals surface area contributed by atoms with Crippen LogP contribution in [0, 0.1) is 0 Å². The van der Waals surface area contributed by atoms with Crippen molar-refractivity contribution in [2.75, 3.05) is 0 Å².